The number of aryl methyl sites for hydroxylation is 1. The van der Waals surface area contributed by atoms with Gasteiger partial charge in [0.1, 0.15) is 11.3 Å². The maximum absolute atomic E-state index is 11.0. The van der Waals surface area contributed by atoms with Crippen LogP contribution in [-0.2, 0) is 23.0 Å². The molecule has 18 heavy (non-hydrogen) atoms. The minimum Gasteiger partial charge on any atom is -0.748 e. The van der Waals surface area contributed by atoms with Gasteiger partial charge in [-0.2, -0.15) is 0 Å². The monoisotopic (exact) mass is 274 g/mol. The number of benzene rings is 1. The normalized spacial score (nSPS) is 19.3. The van der Waals surface area contributed by atoms with Crippen molar-refractivity contribution in [3.05, 3.63) is 35.6 Å². The second kappa shape index (κ2) is 4.98. The van der Waals surface area contributed by atoms with E-state index < -0.39 is 15.4 Å². The average Bonchev–Trinajstić information content (AvgIpc) is 2.65. The Morgan fingerprint density at radius 1 is 1.28 bits per heavy atom. The van der Waals surface area contributed by atoms with Crippen molar-refractivity contribution in [3.8, 4) is 0 Å². The summed E-state index contributed by atoms with van der Waals surface area (Å²) < 4.78 is 38.7. The fourth-order valence-corrected chi connectivity index (χ4v) is 3.21. The zero-order chi connectivity index (χ0) is 12.0. The van der Waals surface area contributed by atoms with E-state index in [0.717, 1.165) is 16.5 Å². The molecule has 90 valence electrons. The molecule has 0 saturated carbocycles. The average molecular weight is 274 g/mol. The van der Waals surface area contributed by atoms with Crippen molar-refractivity contribution in [3.63, 3.8) is 0 Å². The van der Waals surface area contributed by atoms with E-state index in [4.69, 9.17) is 4.42 Å². The van der Waals surface area contributed by atoms with Crippen LogP contribution >= 0.6 is 0 Å². The van der Waals surface area contributed by atoms with Crippen LogP contribution in [0, 0.1) is 0 Å². The molecule has 6 heteroatoms. The molecule has 0 amide bonds. The van der Waals surface area contributed by atoms with Gasteiger partial charge in [0.15, 0.2) is 0 Å². The molecule has 0 bridgehead atoms. The van der Waals surface area contributed by atoms with E-state index in [1.807, 2.05) is 24.3 Å². The molecule has 3 rings (SSSR count). The zero-order valence-corrected chi connectivity index (χ0v) is 12.9. The van der Waals surface area contributed by atoms with Gasteiger partial charge in [0.25, 0.3) is 0 Å². The van der Waals surface area contributed by atoms with Gasteiger partial charge in [-0.3, -0.25) is 0 Å². The van der Waals surface area contributed by atoms with Crippen LogP contribution in [0.1, 0.15) is 17.7 Å². The first-order chi connectivity index (χ1) is 8.05. The van der Waals surface area contributed by atoms with Crippen LogP contribution in [0.15, 0.2) is 28.7 Å². The predicted molar refractivity (Wildman–Crippen MR) is 61.7 cm³/mol. The number of rotatable bonds is 1. The van der Waals surface area contributed by atoms with Gasteiger partial charge in [0, 0.05) is 17.4 Å². The van der Waals surface area contributed by atoms with Gasteiger partial charge in [-0.05, 0) is 18.9 Å². The number of hydrogen-bond donors (Lipinski definition) is 0. The first-order valence-electron chi connectivity index (χ1n) is 5.49. The van der Waals surface area contributed by atoms with Crippen LogP contribution in [0.5, 0.6) is 0 Å². The van der Waals surface area contributed by atoms with E-state index >= 15 is 0 Å². The molecule has 0 spiro atoms. The van der Waals surface area contributed by atoms with Gasteiger partial charge in [0.05, 0.1) is 15.4 Å². The molecule has 0 radical (unpaired) electrons. The molecule has 1 aromatic heterocycles. The van der Waals surface area contributed by atoms with Crippen molar-refractivity contribution in [2.45, 2.75) is 24.5 Å². The number of fused-ring (bicyclic) bond motifs is 3. The summed E-state index contributed by atoms with van der Waals surface area (Å²) in [5.74, 6) is 0.655. The van der Waals surface area contributed by atoms with Gasteiger partial charge in [-0.1, -0.05) is 18.2 Å². The third kappa shape index (κ3) is 2.38. The van der Waals surface area contributed by atoms with E-state index in [-0.39, 0.29) is 36.0 Å². The summed E-state index contributed by atoms with van der Waals surface area (Å²) in [6.45, 7) is 0. The summed E-state index contributed by atoms with van der Waals surface area (Å²) >= 11 is 0. The molecule has 1 aliphatic carbocycles. The van der Waals surface area contributed by atoms with E-state index in [9.17, 15) is 13.0 Å². The van der Waals surface area contributed by atoms with Crippen molar-refractivity contribution in [1.29, 1.82) is 0 Å². The maximum Gasteiger partial charge on any atom is 1.00 e. The topological polar surface area (TPSA) is 70.3 Å². The molecule has 1 aromatic carbocycles. The van der Waals surface area contributed by atoms with Gasteiger partial charge in [-0.25, -0.2) is 8.42 Å². The van der Waals surface area contributed by atoms with Crippen molar-refractivity contribution in [2.75, 3.05) is 0 Å². The van der Waals surface area contributed by atoms with Crippen molar-refractivity contribution < 1.29 is 46.9 Å². The minimum atomic E-state index is -4.22. The molecule has 1 aliphatic rings. The first-order valence-corrected chi connectivity index (χ1v) is 6.97. The van der Waals surface area contributed by atoms with E-state index in [0.29, 0.717) is 18.6 Å². The molecule has 0 saturated heterocycles. The smallest absolute Gasteiger partial charge is 0.748 e. The van der Waals surface area contributed by atoms with E-state index in [1.165, 1.54) is 0 Å². The standard InChI is InChI=1S/C12H12O4S.Na/c13-17(14,15)8-5-6-10-9-3-1-2-4-11(9)16-12(10)7-8;/h1-4,8H,5-7H2,(H,13,14,15);/q;+1/p-1. The first kappa shape index (κ1) is 14.1. The SMILES string of the molecule is O=S(=O)([O-])C1CCc2c(oc3ccccc23)C1.[Na+]. The molecule has 0 fully saturated rings. The molecule has 1 atom stereocenters. The van der Waals surface area contributed by atoms with Gasteiger partial charge in [0.2, 0.25) is 0 Å². The Bertz CT molecular complexity index is 674. The fourth-order valence-electron chi connectivity index (χ4n) is 2.45. The summed E-state index contributed by atoms with van der Waals surface area (Å²) in [7, 11) is -4.22. The molecule has 1 heterocycles. The molecule has 0 N–H and O–H groups in total. The summed E-state index contributed by atoms with van der Waals surface area (Å²) in [5.41, 5.74) is 1.82. The van der Waals surface area contributed by atoms with Crippen LogP contribution in [0.2, 0.25) is 0 Å². The van der Waals surface area contributed by atoms with Crippen LogP contribution in [-0.4, -0.2) is 18.2 Å². The second-order valence-electron chi connectivity index (χ2n) is 4.36. The second-order valence-corrected chi connectivity index (χ2v) is 6.01. The van der Waals surface area contributed by atoms with Crippen molar-refractivity contribution in [1.82, 2.24) is 0 Å². The third-order valence-electron chi connectivity index (χ3n) is 3.32. The predicted octanol–water partition coefficient (Wildman–Crippen LogP) is -1.16. The molecule has 0 aliphatic heterocycles. The molecule has 4 nitrogen and oxygen atoms in total. The Balaban J connectivity index is 0.00000120. The van der Waals surface area contributed by atoms with Crippen LogP contribution in [0.4, 0.5) is 0 Å². The number of furan rings is 1. The summed E-state index contributed by atoms with van der Waals surface area (Å²) in [4.78, 5) is 0. The zero-order valence-electron chi connectivity index (χ0n) is 10.0. The van der Waals surface area contributed by atoms with Crippen LogP contribution in [0.3, 0.4) is 0 Å². The summed E-state index contributed by atoms with van der Waals surface area (Å²) in [6, 6.07) is 7.62. The van der Waals surface area contributed by atoms with Crippen LogP contribution in [0.25, 0.3) is 11.0 Å². The largest absolute Gasteiger partial charge is 1.00 e. The third-order valence-corrected chi connectivity index (χ3v) is 4.54. The van der Waals surface area contributed by atoms with Gasteiger partial charge in [-0.15, -0.1) is 0 Å². The van der Waals surface area contributed by atoms with Crippen molar-refractivity contribution in [2.24, 2.45) is 0 Å². The molecular formula is C12H11NaO4S. The maximum atomic E-state index is 11.0. The quantitative estimate of drug-likeness (QED) is 0.486. The Labute approximate surface area is 127 Å². The number of para-hydroxylation sites is 1. The Morgan fingerprint density at radius 2 is 2.00 bits per heavy atom. The minimum absolute atomic E-state index is 0. The molecular weight excluding hydrogens is 263 g/mol. The van der Waals surface area contributed by atoms with Crippen molar-refractivity contribution >= 4 is 21.1 Å². The molecule has 1 unspecified atom stereocenters. The van der Waals surface area contributed by atoms with Gasteiger partial charge >= 0.3 is 29.6 Å². The number of hydrogen-bond acceptors (Lipinski definition) is 4. The van der Waals surface area contributed by atoms with E-state index in [1.54, 1.807) is 0 Å². The Kier molecular flexibility index (Phi) is 3.90. The summed E-state index contributed by atoms with van der Waals surface area (Å²) in [6.07, 6.45) is 1.19. The van der Waals surface area contributed by atoms with E-state index in [2.05, 4.69) is 0 Å². The van der Waals surface area contributed by atoms with Crippen LogP contribution < -0.4 is 29.6 Å². The Morgan fingerprint density at radius 3 is 2.72 bits per heavy atom. The fraction of sp³-hybridized carbons (Fsp3) is 0.333. The Hall–Kier alpha value is -0.330. The molecule has 2 aromatic rings. The summed E-state index contributed by atoms with van der Waals surface area (Å²) in [5, 5.41) is 0.194. The van der Waals surface area contributed by atoms with Gasteiger partial charge < -0.3 is 8.97 Å².